The van der Waals surface area contributed by atoms with Gasteiger partial charge in [-0.3, -0.25) is 9.59 Å². The fourth-order valence-corrected chi connectivity index (χ4v) is 3.53. The number of nitrogens with zero attached hydrogens (tertiary/aromatic N) is 4. The second-order valence-corrected chi connectivity index (χ2v) is 6.89. The van der Waals surface area contributed by atoms with Crippen molar-refractivity contribution in [3.05, 3.63) is 12.7 Å². The van der Waals surface area contributed by atoms with Gasteiger partial charge in [0.15, 0.2) is 0 Å². The number of aromatic nitrogens is 3. The number of carboxylic acid groups (broad SMARTS) is 1. The van der Waals surface area contributed by atoms with E-state index in [-0.39, 0.29) is 18.0 Å². The molecule has 1 amide bonds. The molecule has 140 valence electrons. The second-order valence-electron chi connectivity index (χ2n) is 6.89. The van der Waals surface area contributed by atoms with Gasteiger partial charge in [0.05, 0.1) is 17.8 Å². The van der Waals surface area contributed by atoms with E-state index in [2.05, 4.69) is 10.2 Å². The van der Waals surface area contributed by atoms with Crippen LogP contribution in [0.15, 0.2) is 12.7 Å². The Kier molecular flexibility index (Phi) is 6.49. The predicted octanol–water partition coefficient (Wildman–Crippen LogP) is 0.292. The van der Waals surface area contributed by atoms with Crippen LogP contribution in [0.2, 0.25) is 0 Å². The van der Waals surface area contributed by atoms with Gasteiger partial charge in [0.2, 0.25) is 5.91 Å². The number of hydrogen-bond donors (Lipinski definition) is 2. The molecule has 3 rings (SSSR count). The molecule has 2 aliphatic heterocycles. The van der Waals surface area contributed by atoms with Gasteiger partial charge in [-0.05, 0) is 26.2 Å². The molecule has 1 aromatic heterocycles. The Balaban J connectivity index is 0.000000701. The van der Waals surface area contributed by atoms with Crippen molar-refractivity contribution < 1.29 is 24.5 Å². The van der Waals surface area contributed by atoms with Crippen molar-refractivity contribution in [3.8, 4) is 0 Å². The highest BCUT2D eigenvalue weighted by atomic mass is 16.5. The summed E-state index contributed by atoms with van der Waals surface area (Å²) in [5.41, 5.74) is -0.883. The summed E-state index contributed by atoms with van der Waals surface area (Å²) in [7, 11) is 0. The fraction of sp³-hybridized carbons (Fsp3) is 0.750. The molecule has 0 bridgehead atoms. The maximum absolute atomic E-state index is 12.3. The van der Waals surface area contributed by atoms with E-state index < -0.39 is 5.60 Å². The third-order valence-electron chi connectivity index (χ3n) is 4.83. The summed E-state index contributed by atoms with van der Waals surface area (Å²) in [6, 6.07) is 0. The van der Waals surface area contributed by atoms with E-state index in [4.69, 9.17) is 14.6 Å². The lowest BCUT2D eigenvalue weighted by Crippen LogP contribution is -2.54. The Bertz CT molecular complexity index is 553. The maximum atomic E-state index is 12.3. The molecule has 9 nitrogen and oxygen atoms in total. The Morgan fingerprint density at radius 1 is 1.28 bits per heavy atom. The number of ether oxygens (including phenoxy) is 1. The van der Waals surface area contributed by atoms with Crippen LogP contribution in [-0.2, 0) is 20.9 Å². The van der Waals surface area contributed by atoms with E-state index in [0.29, 0.717) is 45.5 Å². The van der Waals surface area contributed by atoms with E-state index >= 15 is 0 Å². The van der Waals surface area contributed by atoms with Crippen LogP contribution in [0.5, 0.6) is 0 Å². The molecule has 25 heavy (non-hydrogen) atoms. The Morgan fingerprint density at radius 2 is 1.88 bits per heavy atom. The topological polar surface area (TPSA) is 118 Å². The van der Waals surface area contributed by atoms with Crippen molar-refractivity contribution in [1.82, 2.24) is 19.7 Å². The first-order valence-electron chi connectivity index (χ1n) is 8.44. The van der Waals surface area contributed by atoms with Crippen molar-refractivity contribution in [1.29, 1.82) is 0 Å². The first kappa shape index (κ1) is 19.3. The zero-order chi connectivity index (χ0) is 18.3. The smallest absolute Gasteiger partial charge is 0.290 e. The van der Waals surface area contributed by atoms with Gasteiger partial charge in [-0.25, -0.2) is 0 Å². The van der Waals surface area contributed by atoms with Crippen LogP contribution < -0.4 is 0 Å². The number of hydrogen-bond acceptors (Lipinski definition) is 6. The molecule has 2 saturated heterocycles. The molecule has 2 aliphatic rings. The SMILES string of the molecule is CC1(O)CCOC2(CCN(C(=O)CCn3cnnc3)CC2)C1.O=CO. The molecular weight excluding hydrogens is 328 g/mol. The van der Waals surface area contributed by atoms with Crippen molar-refractivity contribution >= 4 is 12.4 Å². The molecule has 1 unspecified atom stereocenters. The summed E-state index contributed by atoms with van der Waals surface area (Å²) in [6.45, 7) is 4.26. The summed E-state index contributed by atoms with van der Waals surface area (Å²) in [4.78, 5) is 22.5. The zero-order valence-corrected chi connectivity index (χ0v) is 14.5. The predicted molar refractivity (Wildman–Crippen MR) is 87.7 cm³/mol. The van der Waals surface area contributed by atoms with E-state index in [1.54, 1.807) is 12.7 Å². The molecule has 0 saturated carbocycles. The monoisotopic (exact) mass is 354 g/mol. The van der Waals surface area contributed by atoms with Crippen molar-refractivity contribution in [2.45, 2.75) is 56.8 Å². The summed E-state index contributed by atoms with van der Waals surface area (Å²) in [5, 5.41) is 24.6. The normalized spacial score (nSPS) is 25.1. The average Bonchev–Trinajstić information content (AvgIpc) is 3.06. The zero-order valence-electron chi connectivity index (χ0n) is 14.5. The third-order valence-corrected chi connectivity index (χ3v) is 4.83. The van der Waals surface area contributed by atoms with E-state index in [1.165, 1.54) is 0 Å². The first-order valence-corrected chi connectivity index (χ1v) is 8.44. The Labute approximate surface area is 146 Å². The van der Waals surface area contributed by atoms with Crippen LogP contribution in [0.3, 0.4) is 0 Å². The van der Waals surface area contributed by atoms with Crippen LogP contribution >= 0.6 is 0 Å². The molecule has 3 heterocycles. The van der Waals surface area contributed by atoms with Crippen molar-refractivity contribution in [2.24, 2.45) is 0 Å². The molecule has 9 heteroatoms. The summed E-state index contributed by atoms with van der Waals surface area (Å²) < 4.78 is 7.78. The highest BCUT2D eigenvalue weighted by Gasteiger charge is 2.44. The third kappa shape index (κ3) is 5.50. The van der Waals surface area contributed by atoms with E-state index in [9.17, 15) is 9.90 Å². The van der Waals surface area contributed by atoms with Gasteiger partial charge in [0.25, 0.3) is 6.47 Å². The number of carbonyl (C=O) groups excluding carboxylic acids is 1. The molecule has 1 spiro atoms. The fourth-order valence-electron chi connectivity index (χ4n) is 3.53. The lowest BCUT2D eigenvalue weighted by molar-refractivity contribution is -0.175. The van der Waals surface area contributed by atoms with Crippen molar-refractivity contribution in [3.63, 3.8) is 0 Å². The Hall–Kier alpha value is -2.00. The van der Waals surface area contributed by atoms with E-state index in [1.807, 2.05) is 16.4 Å². The van der Waals surface area contributed by atoms with Gasteiger partial charge < -0.3 is 24.4 Å². The van der Waals surface area contributed by atoms with Crippen LogP contribution in [-0.4, -0.2) is 73.2 Å². The van der Waals surface area contributed by atoms with Crippen LogP contribution in [0.1, 0.15) is 39.0 Å². The minimum absolute atomic E-state index is 0.158. The highest BCUT2D eigenvalue weighted by molar-refractivity contribution is 5.76. The number of aryl methyl sites for hydroxylation is 1. The summed E-state index contributed by atoms with van der Waals surface area (Å²) in [6.07, 6.45) is 6.68. The van der Waals surface area contributed by atoms with Gasteiger partial charge in [-0.2, -0.15) is 0 Å². The molecule has 2 N–H and O–H groups in total. The van der Waals surface area contributed by atoms with Gasteiger partial charge in [-0.1, -0.05) is 0 Å². The minimum atomic E-state index is -0.640. The van der Waals surface area contributed by atoms with Gasteiger partial charge in [0, 0.05) is 32.5 Å². The molecule has 1 atom stereocenters. The second kappa shape index (κ2) is 8.39. The van der Waals surface area contributed by atoms with Gasteiger partial charge in [-0.15, -0.1) is 10.2 Å². The minimum Gasteiger partial charge on any atom is -0.483 e. The number of rotatable bonds is 3. The van der Waals surface area contributed by atoms with Crippen LogP contribution in [0.25, 0.3) is 0 Å². The molecule has 0 aliphatic carbocycles. The molecule has 1 aromatic rings. The van der Waals surface area contributed by atoms with Crippen LogP contribution in [0, 0.1) is 0 Å². The van der Waals surface area contributed by atoms with Gasteiger partial charge in [0.1, 0.15) is 12.7 Å². The largest absolute Gasteiger partial charge is 0.483 e. The lowest BCUT2D eigenvalue weighted by Gasteiger charge is -2.48. The number of likely N-dealkylation sites (tertiary alicyclic amines) is 1. The average molecular weight is 354 g/mol. The van der Waals surface area contributed by atoms with Crippen LogP contribution in [0.4, 0.5) is 0 Å². The first-order chi connectivity index (χ1) is 11.9. The molecular formula is C16H26N4O5. The molecule has 2 fully saturated rings. The number of aliphatic hydroxyl groups is 1. The maximum Gasteiger partial charge on any atom is 0.290 e. The van der Waals surface area contributed by atoms with Gasteiger partial charge >= 0.3 is 0 Å². The number of piperidine rings is 1. The highest BCUT2D eigenvalue weighted by Crippen LogP contribution is 2.39. The molecule has 0 aromatic carbocycles. The number of amides is 1. The molecule has 0 radical (unpaired) electrons. The van der Waals surface area contributed by atoms with E-state index in [0.717, 1.165) is 12.8 Å². The van der Waals surface area contributed by atoms with Crippen molar-refractivity contribution in [2.75, 3.05) is 19.7 Å². The Morgan fingerprint density at radius 3 is 2.44 bits per heavy atom. The number of carbonyl (C=O) groups is 2. The summed E-state index contributed by atoms with van der Waals surface area (Å²) in [5.74, 6) is 0.158. The quantitative estimate of drug-likeness (QED) is 0.749. The standard InChI is InChI=1S/C15H24N4O3.CH2O2/c1-14(21)5-9-22-15(10-14)3-7-19(8-4-15)13(20)2-6-18-11-16-17-12-18;2-1-3/h11-12,21H,2-10H2,1H3;1H,(H,2,3). The summed E-state index contributed by atoms with van der Waals surface area (Å²) >= 11 is 0. The lowest BCUT2D eigenvalue weighted by atomic mass is 9.78.